The van der Waals surface area contributed by atoms with Crippen molar-refractivity contribution in [3.63, 3.8) is 0 Å². The van der Waals surface area contributed by atoms with E-state index in [1.54, 1.807) is 6.07 Å². The van der Waals surface area contributed by atoms with Gasteiger partial charge in [-0.25, -0.2) is 4.79 Å². The number of alkyl halides is 3. The third-order valence-electron chi connectivity index (χ3n) is 5.22. The second-order valence-corrected chi connectivity index (χ2v) is 7.77. The molecule has 2 aromatic carbocycles. The van der Waals surface area contributed by atoms with Crippen molar-refractivity contribution in [1.29, 1.82) is 0 Å². The molecule has 2 N–H and O–H groups in total. The predicted octanol–water partition coefficient (Wildman–Crippen LogP) is -3.92. The summed E-state index contributed by atoms with van der Waals surface area (Å²) in [6.07, 6.45) is -4.06. The van der Waals surface area contributed by atoms with Crippen LogP contribution in [-0.2, 0) is 24.4 Å². The number of hydrogen-bond donors (Lipinski definition) is 2. The SMILES string of the molecule is Cn1ccc([O-])c(NC(=O)N[C@@H](CC(=O)[O-])c2cccc(Cc3ccccc3C(F)(F)F)c2)c1=O.[Na+].[Na+]. The maximum Gasteiger partial charge on any atom is 1.00 e. The number of nitrogens with zero attached hydrogens (tertiary/aromatic N) is 1. The number of halogens is 3. The van der Waals surface area contributed by atoms with Gasteiger partial charge in [0.2, 0.25) is 0 Å². The summed E-state index contributed by atoms with van der Waals surface area (Å²) < 4.78 is 41.1. The number of hydrogen-bond acceptors (Lipinski definition) is 5. The van der Waals surface area contributed by atoms with Gasteiger partial charge in [0.25, 0.3) is 5.56 Å². The third-order valence-corrected chi connectivity index (χ3v) is 5.22. The van der Waals surface area contributed by atoms with E-state index < -0.39 is 53.2 Å². The monoisotopic (exact) mass is 533 g/mol. The van der Waals surface area contributed by atoms with Crippen LogP contribution in [0.3, 0.4) is 0 Å². The molecule has 0 aliphatic heterocycles. The summed E-state index contributed by atoms with van der Waals surface area (Å²) in [6.45, 7) is 0. The Labute approximate surface area is 254 Å². The topological polar surface area (TPSA) is 126 Å². The average molecular weight is 533 g/mol. The Kier molecular flexibility index (Phi) is 12.4. The first kappa shape index (κ1) is 32.7. The van der Waals surface area contributed by atoms with Crippen LogP contribution in [0.2, 0.25) is 0 Å². The van der Waals surface area contributed by atoms with Crippen molar-refractivity contribution in [1.82, 2.24) is 9.88 Å². The number of aromatic nitrogens is 1. The number of carboxylic acid groups (broad SMARTS) is 1. The van der Waals surface area contributed by atoms with Gasteiger partial charge in [0.15, 0.2) is 0 Å². The van der Waals surface area contributed by atoms with Crippen molar-refractivity contribution in [2.75, 3.05) is 5.32 Å². The van der Waals surface area contributed by atoms with Crippen LogP contribution in [0.5, 0.6) is 5.75 Å². The van der Waals surface area contributed by atoms with Gasteiger partial charge in [-0.2, -0.15) is 13.2 Å². The molecule has 1 atom stereocenters. The molecule has 3 rings (SSSR count). The largest absolute Gasteiger partial charge is 1.00 e. The summed E-state index contributed by atoms with van der Waals surface area (Å²) >= 11 is 0. The molecule has 8 nitrogen and oxygen atoms in total. The number of carboxylic acids is 1. The van der Waals surface area contributed by atoms with Crippen molar-refractivity contribution in [3.8, 4) is 5.75 Å². The first-order valence-electron chi connectivity index (χ1n) is 10.3. The van der Waals surface area contributed by atoms with Gasteiger partial charge in [-0.15, -0.1) is 0 Å². The van der Waals surface area contributed by atoms with Crippen molar-refractivity contribution in [3.05, 3.63) is 93.4 Å². The van der Waals surface area contributed by atoms with Crippen LogP contribution < -0.4 is 85.5 Å². The van der Waals surface area contributed by atoms with E-state index in [2.05, 4.69) is 10.6 Å². The van der Waals surface area contributed by atoms with Gasteiger partial charge in [-0.3, -0.25) is 4.79 Å². The zero-order valence-corrected chi connectivity index (χ0v) is 24.4. The number of aryl methyl sites for hydroxylation is 1. The molecule has 0 radical (unpaired) electrons. The van der Waals surface area contributed by atoms with Gasteiger partial charge in [-0.05, 0) is 29.2 Å². The summed E-state index contributed by atoms with van der Waals surface area (Å²) in [5.74, 6) is -2.23. The van der Waals surface area contributed by atoms with Crippen LogP contribution in [0.25, 0.3) is 0 Å². The molecule has 0 spiro atoms. The Morgan fingerprint density at radius 1 is 1.05 bits per heavy atom. The molecular weight excluding hydrogens is 513 g/mol. The number of rotatable bonds is 7. The van der Waals surface area contributed by atoms with Crippen LogP contribution in [0.1, 0.15) is 34.7 Å². The third kappa shape index (κ3) is 8.91. The normalized spacial score (nSPS) is 11.5. The van der Waals surface area contributed by atoms with E-state index in [4.69, 9.17) is 0 Å². The number of aliphatic carboxylic acids is 1. The first-order valence-corrected chi connectivity index (χ1v) is 10.3. The van der Waals surface area contributed by atoms with Crippen molar-refractivity contribution < 1.29 is 92.1 Å². The molecule has 3 aromatic rings. The molecule has 0 saturated carbocycles. The summed E-state index contributed by atoms with van der Waals surface area (Å²) in [6, 6.07) is 10.1. The Bertz CT molecular complexity index is 1320. The van der Waals surface area contributed by atoms with E-state index in [1.165, 1.54) is 49.6 Å². The van der Waals surface area contributed by atoms with E-state index in [0.29, 0.717) is 5.56 Å². The molecule has 2 amide bonds. The van der Waals surface area contributed by atoms with E-state index in [-0.39, 0.29) is 76.7 Å². The molecule has 184 valence electrons. The van der Waals surface area contributed by atoms with Gasteiger partial charge >= 0.3 is 71.3 Å². The number of nitrogens with one attached hydrogen (secondary N) is 2. The van der Waals surface area contributed by atoms with E-state index in [1.807, 2.05) is 0 Å². The predicted molar refractivity (Wildman–Crippen MR) is 116 cm³/mol. The summed E-state index contributed by atoms with van der Waals surface area (Å²) in [4.78, 5) is 35.9. The van der Waals surface area contributed by atoms with Crippen molar-refractivity contribution in [2.24, 2.45) is 7.05 Å². The van der Waals surface area contributed by atoms with Gasteiger partial charge in [0.05, 0.1) is 11.6 Å². The van der Waals surface area contributed by atoms with Crippen molar-refractivity contribution >= 4 is 17.7 Å². The fraction of sp³-hybridized carbons (Fsp3) is 0.208. The first-order chi connectivity index (χ1) is 16.5. The minimum absolute atomic E-state index is 0. The Morgan fingerprint density at radius 3 is 2.38 bits per heavy atom. The van der Waals surface area contributed by atoms with Gasteiger partial charge in [0, 0.05) is 25.6 Å². The van der Waals surface area contributed by atoms with Crippen LogP contribution in [-0.4, -0.2) is 16.6 Å². The molecule has 1 aromatic heterocycles. The zero-order chi connectivity index (χ0) is 25.8. The van der Waals surface area contributed by atoms with Gasteiger partial charge < -0.3 is 30.2 Å². The summed E-state index contributed by atoms with van der Waals surface area (Å²) in [5.41, 5.74) is -1.29. The second-order valence-electron chi connectivity index (χ2n) is 7.77. The Balaban J connectivity index is 0.00000342. The molecule has 13 heteroatoms. The van der Waals surface area contributed by atoms with E-state index in [9.17, 15) is 37.8 Å². The molecule has 0 fully saturated rings. The maximum absolute atomic E-state index is 13.3. The number of carbonyl (C=O) groups is 2. The van der Waals surface area contributed by atoms with Gasteiger partial charge in [-0.1, -0.05) is 54.3 Å². The average Bonchev–Trinajstić information content (AvgIpc) is 2.78. The number of pyridine rings is 1. The Hall–Kier alpha value is -2.28. The van der Waals surface area contributed by atoms with Crippen LogP contribution in [0, 0.1) is 0 Å². The fourth-order valence-corrected chi connectivity index (χ4v) is 3.54. The van der Waals surface area contributed by atoms with Crippen LogP contribution >= 0.6 is 0 Å². The fourth-order valence-electron chi connectivity index (χ4n) is 3.54. The number of amides is 2. The Morgan fingerprint density at radius 2 is 1.73 bits per heavy atom. The standard InChI is InChI=1S/C24H22F3N3O5.2Na/c1-30-10-9-19(31)21(22(30)34)29-23(35)28-18(13-20(32)33)16-7-4-5-14(12-16)11-15-6-2-3-8-17(15)24(25,26)27;;/h2-10,12,18,31H,11,13H2,1H3,(H,32,33)(H2,28,29,35);;/q;2*+1/p-2/t18-;;/m0../s1. The number of anilines is 1. The van der Waals surface area contributed by atoms with E-state index >= 15 is 0 Å². The minimum atomic E-state index is -4.54. The maximum atomic E-state index is 13.3. The zero-order valence-electron chi connectivity index (χ0n) is 20.4. The number of carbonyl (C=O) groups excluding carboxylic acids is 2. The molecule has 37 heavy (non-hydrogen) atoms. The quantitative estimate of drug-likeness (QED) is 0.300. The van der Waals surface area contributed by atoms with Gasteiger partial charge in [0.1, 0.15) is 5.69 Å². The second kappa shape index (κ2) is 14.0. The van der Waals surface area contributed by atoms with E-state index in [0.717, 1.165) is 16.7 Å². The molecule has 0 bridgehead atoms. The molecule has 1 heterocycles. The molecule has 0 unspecified atom stereocenters. The van der Waals surface area contributed by atoms with Crippen LogP contribution in [0.15, 0.2) is 65.6 Å². The summed E-state index contributed by atoms with van der Waals surface area (Å²) in [7, 11) is 1.38. The summed E-state index contributed by atoms with van der Waals surface area (Å²) in [5, 5.41) is 27.7. The molecule has 0 aliphatic rings. The molecule has 0 aliphatic carbocycles. The molecular formula is C24H20F3N3Na2O5. The number of benzene rings is 2. The van der Waals surface area contributed by atoms with Crippen LogP contribution in [0.4, 0.5) is 23.7 Å². The van der Waals surface area contributed by atoms with Crippen molar-refractivity contribution in [2.45, 2.75) is 25.1 Å². The molecule has 0 saturated heterocycles. The minimum Gasteiger partial charge on any atom is -0.871 e. The number of urea groups is 1. The smallest absolute Gasteiger partial charge is 0.871 e.